The first-order valence-corrected chi connectivity index (χ1v) is 6.99. The summed E-state index contributed by atoms with van der Waals surface area (Å²) in [5.41, 5.74) is 0.0363. The zero-order valence-corrected chi connectivity index (χ0v) is 12.2. The zero-order valence-electron chi connectivity index (χ0n) is 11.4. The van der Waals surface area contributed by atoms with Crippen LogP contribution in [0.3, 0.4) is 0 Å². The van der Waals surface area contributed by atoms with Gasteiger partial charge in [-0.15, -0.1) is 4.72 Å². The molecule has 0 bridgehead atoms. The molecule has 0 heterocycles. The largest absolute Gasteiger partial charge is 0.598 e. The molecule has 1 aromatic rings. The monoisotopic (exact) mass is 293 g/mol. The fourth-order valence-corrected chi connectivity index (χ4v) is 2.26. The van der Waals surface area contributed by atoms with Crippen LogP contribution in [-0.2, 0) is 24.1 Å². The van der Waals surface area contributed by atoms with Crippen LogP contribution in [0.15, 0.2) is 18.2 Å². The SMILES string of the molecule is Cc1c(CN[S+]([O-])C(C)(C)C)cccc1C(F)(F)F. The van der Waals surface area contributed by atoms with Gasteiger partial charge >= 0.3 is 6.18 Å². The number of alkyl halides is 3. The summed E-state index contributed by atoms with van der Waals surface area (Å²) in [6, 6.07) is 4.03. The molecule has 2 nitrogen and oxygen atoms in total. The third-order valence-corrected chi connectivity index (χ3v) is 4.22. The van der Waals surface area contributed by atoms with Crippen LogP contribution in [0, 0.1) is 6.92 Å². The lowest BCUT2D eigenvalue weighted by molar-refractivity contribution is -0.138. The molecule has 0 saturated carbocycles. The predicted molar refractivity (Wildman–Crippen MR) is 70.9 cm³/mol. The van der Waals surface area contributed by atoms with E-state index in [0.29, 0.717) is 5.56 Å². The maximum atomic E-state index is 12.7. The van der Waals surface area contributed by atoms with Crippen molar-refractivity contribution in [3.05, 3.63) is 34.9 Å². The number of benzene rings is 1. The first kappa shape index (κ1) is 16.3. The molecule has 0 radical (unpaired) electrons. The summed E-state index contributed by atoms with van der Waals surface area (Å²) >= 11 is -1.31. The number of rotatable bonds is 3. The minimum Gasteiger partial charge on any atom is -0.598 e. The average molecular weight is 293 g/mol. The molecule has 0 saturated heterocycles. The first-order chi connectivity index (χ1) is 8.53. The van der Waals surface area contributed by atoms with Crippen molar-refractivity contribution < 1.29 is 17.7 Å². The van der Waals surface area contributed by atoms with Gasteiger partial charge in [0.25, 0.3) is 0 Å². The quantitative estimate of drug-likeness (QED) is 0.865. The topological polar surface area (TPSA) is 35.1 Å². The summed E-state index contributed by atoms with van der Waals surface area (Å²) in [5, 5.41) is 0. The van der Waals surface area contributed by atoms with Gasteiger partial charge in [-0.05, 0) is 44.9 Å². The average Bonchev–Trinajstić information content (AvgIpc) is 2.24. The molecule has 108 valence electrons. The molecule has 1 aromatic carbocycles. The summed E-state index contributed by atoms with van der Waals surface area (Å²) in [4.78, 5) is 0. The van der Waals surface area contributed by atoms with Crippen LogP contribution in [0.4, 0.5) is 13.2 Å². The lowest BCUT2D eigenvalue weighted by Gasteiger charge is -2.24. The summed E-state index contributed by atoms with van der Waals surface area (Å²) in [7, 11) is 0. The van der Waals surface area contributed by atoms with E-state index in [1.165, 1.54) is 13.0 Å². The molecular formula is C13H18F3NOS. The number of halogens is 3. The minimum absolute atomic E-state index is 0.152. The Labute approximate surface area is 114 Å². The maximum absolute atomic E-state index is 12.7. The van der Waals surface area contributed by atoms with Gasteiger partial charge in [-0.3, -0.25) is 0 Å². The van der Waals surface area contributed by atoms with Gasteiger partial charge in [-0.1, -0.05) is 12.1 Å². The third-order valence-electron chi connectivity index (χ3n) is 2.70. The van der Waals surface area contributed by atoms with E-state index >= 15 is 0 Å². The molecule has 0 amide bonds. The van der Waals surface area contributed by atoms with E-state index in [0.717, 1.165) is 6.07 Å². The van der Waals surface area contributed by atoms with Gasteiger partial charge < -0.3 is 4.55 Å². The first-order valence-electron chi connectivity index (χ1n) is 5.84. The molecule has 1 rings (SSSR count). The Morgan fingerprint density at radius 1 is 1.21 bits per heavy atom. The van der Waals surface area contributed by atoms with Gasteiger partial charge in [0.2, 0.25) is 0 Å². The summed E-state index contributed by atoms with van der Waals surface area (Å²) in [5.74, 6) is 0. The highest BCUT2D eigenvalue weighted by atomic mass is 32.2. The molecule has 1 N–H and O–H groups in total. The fraction of sp³-hybridized carbons (Fsp3) is 0.538. The second-order valence-electron chi connectivity index (χ2n) is 5.29. The van der Waals surface area contributed by atoms with Crippen molar-refractivity contribution >= 4 is 11.4 Å². The van der Waals surface area contributed by atoms with Crippen molar-refractivity contribution in [2.75, 3.05) is 0 Å². The van der Waals surface area contributed by atoms with E-state index in [-0.39, 0.29) is 12.1 Å². The van der Waals surface area contributed by atoms with E-state index in [1.54, 1.807) is 26.8 Å². The highest BCUT2D eigenvalue weighted by Crippen LogP contribution is 2.32. The molecule has 19 heavy (non-hydrogen) atoms. The van der Waals surface area contributed by atoms with Crippen LogP contribution in [0.2, 0.25) is 0 Å². The van der Waals surface area contributed by atoms with Crippen molar-refractivity contribution in [2.45, 2.75) is 45.2 Å². The Morgan fingerprint density at radius 3 is 2.26 bits per heavy atom. The molecule has 1 unspecified atom stereocenters. The Morgan fingerprint density at radius 2 is 1.79 bits per heavy atom. The van der Waals surface area contributed by atoms with Gasteiger partial charge in [-0.2, -0.15) is 13.2 Å². The smallest absolute Gasteiger partial charge is 0.416 e. The molecule has 1 atom stereocenters. The van der Waals surface area contributed by atoms with E-state index in [1.807, 2.05) is 0 Å². The molecule has 0 aliphatic rings. The van der Waals surface area contributed by atoms with Crippen LogP contribution in [0.5, 0.6) is 0 Å². The highest BCUT2D eigenvalue weighted by molar-refractivity contribution is 7.90. The van der Waals surface area contributed by atoms with E-state index < -0.39 is 27.8 Å². The molecule has 0 aliphatic carbocycles. The van der Waals surface area contributed by atoms with Crippen LogP contribution >= 0.6 is 0 Å². The molecule has 0 aliphatic heterocycles. The van der Waals surface area contributed by atoms with Crippen LogP contribution in [0.25, 0.3) is 0 Å². The predicted octanol–water partition coefficient (Wildman–Crippen LogP) is 3.57. The lowest BCUT2D eigenvalue weighted by Crippen LogP contribution is -2.39. The standard InChI is InChI=1S/C13H18F3NOS/c1-9-10(8-17-19(18)12(2,3)4)6-5-7-11(9)13(14,15)16/h5-7,17H,8H2,1-4H3. The minimum atomic E-state index is -4.36. The van der Waals surface area contributed by atoms with Crippen LogP contribution < -0.4 is 4.72 Å². The van der Waals surface area contributed by atoms with Crippen molar-refractivity contribution in [2.24, 2.45) is 0 Å². The maximum Gasteiger partial charge on any atom is 0.416 e. The summed E-state index contributed by atoms with van der Waals surface area (Å²) in [6.07, 6.45) is -4.36. The van der Waals surface area contributed by atoms with Crippen molar-refractivity contribution in [1.82, 2.24) is 4.72 Å². The van der Waals surface area contributed by atoms with Gasteiger partial charge in [0.15, 0.2) is 0 Å². The van der Waals surface area contributed by atoms with E-state index in [4.69, 9.17) is 0 Å². The van der Waals surface area contributed by atoms with Gasteiger partial charge in [0.1, 0.15) is 4.75 Å². The Hall–Kier alpha value is -0.720. The highest BCUT2D eigenvalue weighted by Gasteiger charge is 2.33. The molecule has 0 aromatic heterocycles. The van der Waals surface area contributed by atoms with Crippen molar-refractivity contribution in [3.8, 4) is 0 Å². The van der Waals surface area contributed by atoms with Gasteiger partial charge in [0.05, 0.1) is 12.1 Å². The van der Waals surface area contributed by atoms with Crippen LogP contribution in [0.1, 0.15) is 37.5 Å². The molecular weight excluding hydrogens is 275 g/mol. The molecule has 0 spiro atoms. The van der Waals surface area contributed by atoms with Crippen molar-refractivity contribution in [3.63, 3.8) is 0 Å². The van der Waals surface area contributed by atoms with Gasteiger partial charge in [-0.25, -0.2) is 0 Å². The fourth-order valence-electron chi connectivity index (χ4n) is 1.54. The zero-order chi connectivity index (χ0) is 14.8. The second-order valence-corrected chi connectivity index (χ2v) is 7.34. The normalized spacial score (nSPS) is 14.5. The van der Waals surface area contributed by atoms with Crippen molar-refractivity contribution in [1.29, 1.82) is 0 Å². The number of nitrogens with one attached hydrogen (secondary N) is 1. The third kappa shape index (κ3) is 4.40. The summed E-state index contributed by atoms with van der Waals surface area (Å²) in [6.45, 7) is 6.98. The van der Waals surface area contributed by atoms with E-state index in [2.05, 4.69) is 4.72 Å². The number of hydrogen-bond acceptors (Lipinski definition) is 2. The molecule has 6 heteroatoms. The number of hydrogen-bond donors (Lipinski definition) is 1. The Bertz CT molecular complexity index is 440. The van der Waals surface area contributed by atoms with Crippen LogP contribution in [-0.4, -0.2) is 9.30 Å². The lowest BCUT2D eigenvalue weighted by atomic mass is 10.0. The Balaban J connectivity index is 2.87. The van der Waals surface area contributed by atoms with Gasteiger partial charge in [0, 0.05) is 11.4 Å². The Kier molecular flexibility index (Phi) is 4.92. The summed E-state index contributed by atoms with van der Waals surface area (Å²) < 4.78 is 52.3. The second kappa shape index (κ2) is 5.73. The molecule has 0 fully saturated rings. The van der Waals surface area contributed by atoms with E-state index in [9.17, 15) is 17.7 Å².